The lowest BCUT2D eigenvalue weighted by molar-refractivity contribution is 0.186. The van der Waals surface area contributed by atoms with Gasteiger partial charge in [0.15, 0.2) is 0 Å². The Labute approximate surface area is 112 Å². The maximum atomic E-state index is 11.4. The molecule has 1 unspecified atom stereocenters. The van der Waals surface area contributed by atoms with Crippen LogP contribution in [0.2, 0.25) is 0 Å². The molecule has 1 aromatic heterocycles. The number of benzene rings is 1. The van der Waals surface area contributed by atoms with Crippen molar-refractivity contribution < 1.29 is 4.74 Å². The maximum absolute atomic E-state index is 11.4. The Morgan fingerprint density at radius 2 is 1.95 bits per heavy atom. The van der Waals surface area contributed by atoms with E-state index in [1.807, 2.05) is 18.2 Å². The first-order valence-corrected chi connectivity index (χ1v) is 6.18. The molecule has 0 aliphatic rings. The quantitative estimate of drug-likeness (QED) is 0.894. The highest BCUT2D eigenvalue weighted by atomic mass is 16.5. The van der Waals surface area contributed by atoms with Gasteiger partial charge in [0, 0.05) is 26.4 Å². The van der Waals surface area contributed by atoms with E-state index in [2.05, 4.69) is 17.4 Å². The second kappa shape index (κ2) is 6.20. The van der Waals surface area contributed by atoms with Gasteiger partial charge >= 0.3 is 0 Å². The molecule has 0 amide bonds. The number of hydrogen-bond donors (Lipinski definition) is 1. The highest BCUT2D eigenvalue weighted by Gasteiger charge is 2.10. The highest BCUT2D eigenvalue weighted by molar-refractivity contribution is 5.43. The zero-order valence-corrected chi connectivity index (χ0v) is 11.2. The Morgan fingerprint density at radius 3 is 2.58 bits per heavy atom. The first kappa shape index (κ1) is 13.4. The van der Waals surface area contributed by atoms with E-state index >= 15 is 0 Å². The van der Waals surface area contributed by atoms with Gasteiger partial charge in [-0.15, -0.1) is 0 Å². The van der Waals surface area contributed by atoms with Gasteiger partial charge in [0.2, 0.25) is 5.56 Å². The second-order valence-electron chi connectivity index (χ2n) is 4.43. The molecule has 19 heavy (non-hydrogen) atoms. The lowest BCUT2D eigenvalue weighted by atomic mass is 10.1. The second-order valence-corrected chi connectivity index (χ2v) is 4.43. The van der Waals surface area contributed by atoms with Gasteiger partial charge in [-0.2, -0.15) is 0 Å². The summed E-state index contributed by atoms with van der Waals surface area (Å²) in [4.78, 5) is 11.4. The van der Waals surface area contributed by atoms with Crippen LogP contribution in [0.1, 0.15) is 11.6 Å². The van der Waals surface area contributed by atoms with Crippen LogP contribution in [0.4, 0.5) is 5.69 Å². The molecule has 0 aliphatic carbocycles. The van der Waals surface area contributed by atoms with Gasteiger partial charge in [-0.05, 0) is 11.6 Å². The normalized spacial score (nSPS) is 12.1. The van der Waals surface area contributed by atoms with Crippen molar-refractivity contribution >= 4 is 5.69 Å². The van der Waals surface area contributed by atoms with Crippen LogP contribution in [-0.4, -0.2) is 18.3 Å². The van der Waals surface area contributed by atoms with Crippen LogP contribution in [-0.2, 0) is 11.8 Å². The summed E-state index contributed by atoms with van der Waals surface area (Å²) in [6.45, 7) is 0.562. The van der Waals surface area contributed by atoms with Crippen LogP contribution in [0.25, 0.3) is 0 Å². The molecule has 4 nitrogen and oxygen atoms in total. The van der Waals surface area contributed by atoms with E-state index in [0.29, 0.717) is 6.61 Å². The average Bonchev–Trinajstić information content (AvgIpc) is 2.43. The van der Waals surface area contributed by atoms with Crippen molar-refractivity contribution in [3.63, 3.8) is 0 Å². The van der Waals surface area contributed by atoms with Gasteiger partial charge in [0.05, 0.1) is 18.3 Å². The Morgan fingerprint density at radius 1 is 1.21 bits per heavy atom. The lowest BCUT2D eigenvalue weighted by Gasteiger charge is -2.19. The fourth-order valence-corrected chi connectivity index (χ4v) is 1.95. The average molecular weight is 258 g/mol. The number of nitrogens with one attached hydrogen (secondary N) is 1. The van der Waals surface area contributed by atoms with Gasteiger partial charge in [0.1, 0.15) is 0 Å². The Balaban J connectivity index is 2.21. The van der Waals surface area contributed by atoms with E-state index in [9.17, 15) is 4.79 Å². The van der Waals surface area contributed by atoms with E-state index in [1.54, 1.807) is 37.1 Å². The third-order valence-electron chi connectivity index (χ3n) is 2.96. The molecular weight excluding hydrogens is 240 g/mol. The fraction of sp³-hybridized carbons (Fsp3) is 0.267. The van der Waals surface area contributed by atoms with Gasteiger partial charge in [-0.1, -0.05) is 30.3 Å². The largest absolute Gasteiger partial charge is 0.382 e. The van der Waals surface area contributed by atoms with Crippen molar-refractivity contribution in [3.8, 4) is 0 Å². The predicted octanol–water partition coefficient (Wildman–Crippen LogP) is 2.18. The van der Waals surface area contributed by atoms with Crippen LogP contribution >= 0.6 is 0 Å². The van der Waals surface area contributed by atoms with Gasteiger partial charge in [-0.25, -0.2) is 0 Å². The minimum Gasteiger partial charge on any atom is -0.382 e. The molecule has 4 heteroatoms. The molecule has 1 aromatic carbocycles. The van der Waals surface area contributed by atoms with E-state index in [-0.39, 0.29) is 11.6 Å². The van der Waals surface area contributed by atoms with Gasteiger partial charge < -0.3 is 14.6 Å². The molecular formula is C15H18N2O2. The number of pyridine rings is 1. The number of aromatic nitrogens is 1. The first-order valence-electron chi connectivity index (χ1n) is 6.18. The zero-order valence-electron chi connectivity index (χ0n) is 11.2. The molecule has 100 valence electrons. The minimum absolute atomic E-state index is 0.0199. The molecule has 0 bridgehead atoms. The van der Waals surface area contributed by atoms with E-state index in [1.165, 1.54) is 0 Å². The summed E-state index contributed by atoms with van der Waals surface area (Å²) in [5.41, 5.74) is 2.03. The van der Waals surface area contributed by atoms with E-state index in [4.69, 9.17) is 4.74 Å². The molecule has 1 atom stereocenters. The number of methoxy groups -OCH3 is 1. The van der Waals surface area contributed by atoms with Gasteiger partial charge in [0.25, 0.3) is 0 Å². The number of nitrogens with zero attached hydrogens (tertiary/aromatic N) is 1. The smallest absolute Gasteiger partial charge is 0.250 e. The fourth-order valence-electron chi connectivity index (χ4n) is 1.95. The number of ether oxygens (including phenoxy) is 1. The summed E-state index contributed by atoms with van der Waals surface area (Å²) in [6.07, 6.45) is 1.79. The van der Waals surface area contributed by atoms with Crippen molar-refractivity contribution in [1.29, 1.82) is 0 Å². The first-order chi connectivity index (χ1) is 9.20. The summed E-state index contributed by atoms with van der Waals surface area (Å²) in [5, 5.41) is 3.38. The molecule has 1 heterocycles. The van der Waals surface area contributed by atoms with Crippen molar-refractivity contribution in [1.82, 2.24) is 4.57 Å². The SMILES string of the molecule is COCC(Nc1ccc(=O)n(C)c1)c1ccccc1. The number of rotatable bonds is 5. The Kier molecular flexibility index (Phi) is 4.36. The molecule has 2 rings (SSSR count). The number of anilines is 1. The summed E-state index contributed by atoms with van der Waals surface area (Å²) < 4.78 is 6.81. The number of aryl methyl sites for hydroxylation is 1. The van der Waals surface area contributed by atoms with Crippen LogP contribution < -0.4 is 10.9 Å². The maximum Gasteiger partial charge on any atom is 0.250 e. The van der Waals surface area contributed by atoms with Crippen molar-refractivity contribution in [2.45, 2.75) is 6.04 Å². The monoisotopic (exact) mass is 258 g/mol. The molecule has 0 fully saturated rings. The molecule has 0 aliphatic heterocycles. The summed E-state index contributed by atoms with van der Waals surface area (Å²) in [7, 11) is 3.42. The predicted molar refractivity (Wildman–Crippen MR) is 76.4 cm³/mol. The summed E-state index contributed by atoms with van der Waals surface area (Å²) in [5.74, 6) is 0. The molecule has 1 N–H and O–H groups in total. The van der Waals surface area contributed by atoms with Crippen molar-refractivity contribution in [2.24, 2.45) is 7.05 Å². The van der Waals surface area contributed by atoms with Crippen LogP contribution in [0.3, 0.4) is 0 Å². The Hall–Kier alpha value is -2.07. The van der Waals surface area contributed by atoms with Crippen molar-refractivity contribution in [2.75, 3.05) is 19.0 Å². The third-order valence-corrected chi connectivity index (χ3v) is 2.96. The van der Waals surface area contributed by atoms with E-state index in [0.717, 1.165) is 11.3 Å². The minimum atomic E-state index is -0.0199. The van der Waals surface area contributed by atoms with Crippen LogP contribution in [0.15, 0.2) is 53.5 Å². The third kappa shape index (κ3) is 3.45. The van der Waals surface area contributed by atoms with Crippen molar-refractivity contribution in [3.05, 3.63) is 64.6 Å². The molecule has 0 radical (unpaired) electrons. The van der Waals surface area contributed by atoms with E-state index < -0.39 is 0 Å². The topological polar surface area (TPSA) is 43.3 Å². The van der Waals surface area contributed by atoms with Crippen LogP contribution in [0, 0.1) is 0 Å². The zero-order chi connectivity index (χ0) is 13.7. The summed E-state index contributed by atoms with van der Waals surface area (Å²) in [6, 6.07) is 13.5. The Bertz CT molecular complexity index is 578. The molecule has 0 saturated carbocycles. The van der Waals surface area contributed by atoms with Crippen LogP contribution in [0.5, 0.6) is 0 Å². The molecule has 0 spiro atoms. The summed E-state index contributed by atoms with van der Waals surface area (Å²) >= 11 is 0. The lowest BCUT2D eigenvalue weighted by Crippen LogP contribution is -2.19. The highest BCUT2D eigenvalue weighted by Crippen LogP contribution is 2.18. The number of hydrogen-bond acceptors (Lipinski definition) is 3. The standard InChI is InChI=1S/C15H18N2O2/c1-17-10-13(8-9-15(17)18)16-14(11-19-2)12-6-4-3-5-7-12/h3-10,14,16H,11H2,1-2H3. The molecule has 2 aromatic rings. The van der Waals surface area contributed by atoms with Gasteiger partial charge in [-0.3, -0.25) is 4.79 Å². The molecule has 0 saturated heterocycles.